The standard InChI is InChI=1S/C15H20N2O3/c18-13-6-2-1-5-12(13)7-8-14(19)16-11-15(20)17-9-3-4-10-17/h1-2,5-6,18H,3-4,7-11H2,(H,16,19). The number of phenols is 1. The Bertz CT molecular complexity index is 482. The van der Waals surface area contributed by atoms with E-state index in [9.17, 15) is 14.7 Å². The van der Waals surface area contributed by atoms with Crippen LogP contribution in [0.2, 0.25) is 0 Å². The Hall–Kier alpha value is -2.04. The minimum absolute atomic E-state index is 0.0154. The second-order valence-corrected chi connectivity index (χ2v) is 4.99. The summed E-state index contributed by atoms with van der Waals surface area (Å²) in [5, 5.41) is 12.2. The molecular weight excluding hydrogens is 256 g/mol. The topological polar surface area (TPSA) is 69.6 Å². The highest BCUT2D eigenvalue weighted by Crippen LogP contribution is 2.17. The van der Waals surface area contributed by atoms with E-state index in [2.05, 4.69) is 5.32 Å². The monoisotopic (exact) mass is 276 g/mol. The molecule has 1 saturated heterocycles. The molecule has 0 unspecified atom stereocenters. The second kappa shape index (κ2) is 6.93. The van der Waals surface area contributed by atoms with Gasteiger partial charge in [0.1, 0.15) is 5.75 Å². The second-order valence-electron chi connectivity index (χ2n) is 4.99. The molecule has 5 heteroatoms. The van der Waals surface area contributed by atoms with Crippen LogP contribution in [0.15, 0.2) is 24.3 Å². The summed E-state index contributed by atoms with van der Waals surface area (Å²) in [6, 6.07) is 6.96. The van der Waals surface area contributed by atoms with E-state index >= 15 is 0 Å². The van der Waals surface area contributed by atoms with E-state index < -0.39 is 0 Å². The van der Waals surface area contributed by atoms with Crippen LogP contribution in [-0.4, -0.2) is 41.5 Å². The number of nitrogens with one attached hydrogen (secondary N) is 1. The lowest BCUT2D eigenvalue weighted by Gasteiger charge is -2.15. The van der Waals surface area contributed by atoms with Gasteiger partial charge >= 0.3 is 0 Å². The first-order chi connectivity index (χ1) is 9.66. The van der Waals surface area contributed by atoms with Gasteiger partial charge < -0.3 is 15.3 Å². The summed E-state index contributed by atoms with van der Waals surface area (Å²) in [7, 11) is 0. The van der Waals surface area contributed by atoms with Gasteiger partial charge in [-0.1, -0.05) is 18.2 Å². The van der Waals surface area contributed by atoms with Gasteiger partial charge in [0.15, 0.2) is 0 Å². The number of phenolic OH excluding ortho intramolecular Hbond substituents is 1. The summed E-state index contributed by atoms with van der Waals surface area (Å²) >= 11 is 0. The Morgan fingerprint density at radius 1 is 1.20 bits per heavy atom. The SMILES string of the molecule is O=C(CCc1ccccc1O)NCC(=O)N1CCCC1. The maximum absolute atomic E-state index is 11.7. The minimum atomic E-state index is -0.166. The van der Waals surface area contributed by atoms with E-state index in [0.29, 0.717) is 6.42 Å². The Labute approximate surface area is 118 Å². The van der Waals surface area contributed by atoms with Crippen molar-refractivity contribution in [2.24, 2.45) is 0 Å². The molecule has 0 aliphatic carbocycles. The smallest absolute Gasteiger partial charge is 0.241 e. The predicted octanol–water partition coefficient (Wildman–Crippen LogP) is 1.06. The van der Waals surface area contributed by atoms with Crippen LogP contribution in [-0.2, 0) is 16.0 Å². The third kappa shape index (κ3) is 3.98. The van der Waals surface area contributed by atoms with Crippen LogP contribution in [0.1, 0.15) is 24.8 Å². The average molecular weight is 276 g/mol. The van der Waals surface area contributed by atoms with E-state index in [-0.39, 0.29) is 30.5 Å². The first-order valence-electron chi connectivity index (χ1n) is 6.98. The van der Waals surface area contributed by atoms with Crippen LogP contribution in [0.25, 0.3) is 0 Å². The quantitative estimate of drug-likeness (QED) is 0.845. The van der Waals surface area contributed by atoms with E-state index in [1.54, 1.807) is 23.1 Å². The molecule has 5 nitrogen and oxygen atoms in total. The molecule has 0 radical (unpaired) electrons. The lowest BCUT2D eigenvalue weighted by molar-refractivity contribution is -0.132. The molecule has 2 rings (SSSR count). The predicted molar refractivity (Wildman–Crippen MR) is 75.3 cm³/mol. The van der Waals surface area contributed by atoms with Crippen LogP contribution >= 0.6 is 0 Å². The van der Waals surface area contributed by atoms with Crippen molar-refractivity contribution in [2.75, 3.05) is 19.6 Å². The summed E-state index contributed by atoms with van der Waals surface area (Å²) in [6.45, 7) is 1.67. The van der Waals surface area contributed by atoms with Crippen molar-refractivity contribution in [3.05, 3.63) is 29.8 Å². The molecule has 0 spiro atoms. The summed E-state index contributed by atoms with van der Waals surface area (Å²) in [6.07, 6.45) is 2.83. The van der Waals surface area contributed by atoms with Crippen molar-refractivity contribution < 1.29 is 14.7 Å². The number of benzene rings is 1. The van der Waals surface area contributed by atoms with E-state index in [1.807, 2.05) is 6.07 Å². The molecule has 0 atom stereocenters. The van der Waals surface area contributed by atoms with Crippen molar-refractivity contribution in [3.8, 4) is 5.75 Å². The maximum atomic E-state index is 11.7. The minimum Gasteiger partial charge on any atom is -0.508 e. The highest BCUT2D eigenvalue weighted by atomic mass is 16.3. The molecule has 0 bridgehead atoms. The molecule has 1 aromatic rings. The third-order valence-electron chi connectivity index (χ3n) is 3.51. The molecule has 1 aliphatic rings. The lowest BCUT2D eigenvalue weighted by Crippen LogP contribution is -2.38. The van der Waals surface area contributed by atoms with Gasteiger partial charge in [-0.3, -0.25) is 9.59 Å². The van der Waals surface area contributed by atoms with Gasteiger partial charge in [0.05, 0.1) is 6.54 Å². The number of aromatic hydroxyl groups is 1. The molecule has 20 heavy (non-hydrogen) atoms. The number of aryl methyl sites for hydroxylation is 1. The van der Waals surface area contributed by atoms with Crippen molar-refractivity contribution in [2.45, 2.75) is 25.7 Å². The van der Waals surface area contributed by atoms with Gasteiger partial charge in [-0.2, -0.15) is 0 Å². The van der Waals surface area contributed by atoms with Gasteiger partial charge in [-0.25, -0.2) is 0 Å². The molecule has 2 N–H and O–H groups in total. The van der Waals surface area contributed by atoms with Gasteiger partial charge in [0, 0.05) is 19.5 Å². The first kappa shape index (κ1) is 14.4. The summed E-state index contributed by atoms with van der Waals surface area (Å²) in [4.78, 5) is 25.2. The van der Waals surface area contributed by atoms with Crippen molar-refractivity contribution in [3.63, 3.8) is 0 Å². The molecule has 1 fully saturated rings. The molecule has 0 saturated carbocycles. The molecule has 108 valence electrons. The Morgan fingerprint density at radius 2 is 1.90 bits per heavy atom. The summed E-state index contributed by atoms with van der Waals surface area (Å²) in [5.74, 6) is 0.0210. The fraction of sp³-hybridized carbons (Fsp3) is 0.467. The highest BCUT2D eigenvalue weighted by molar-refractivity contribution is 5.84. The van der Waals surface area contributed by atoms with Crippen LogP contribution in [0, 0.1) is 0 Å². The average Bonchev–Trinajstić information content (AvgIpc) is 2.98. The van der Waals surface area contributed by atoms with E-state index in [1.165, 1.54) is 0 Å². The molecule has 1 aromatic carbocycles. The van der Waals surface area contributed by atoms with Crippen LogP contribution in [0.3, 0.4) is 0 Å². The maximum Gasteiger partial charge on any atom is 0.241 e. The Kier molecular flexibility index (Phi) is 4.98. The molecule has 0 aromatic heterocycles. The molecular formula is C15H20N2O3. The van der Waals surface area contributed by atoms with Gasteiger partial charge in [0.2, 0.25) is 11.8 Å². The third-order valence-corrected chi connectivity index (χ3v) is 3.51. The normalized spacial score (nSPS) is 14.3. The van der Waals surface area contributed by atoms with Gasteiger partial charge in [-0.15, -0.1) is 0 Å². The Balaban J connectivity index is 1.70. The van der Waals surface area contributed by atoms with Crippen LogP contribution in [0.4, 0.5) is 0 Å². The highest BCUT2D eigenvalue weighted by Gasteiger charge is 2.18. The number of carbonyl (C=O) groups excluding carboxylic acids is 2. The first-order valence-corrected chi connectivity index (χ1v) is 6.98. The van der Waals surface area contributed by atoms with Crippen molar-refractivity contribution >= 4 is 11.8 Å². The number of nitrogens with zero attached hydrogens (tertiary/aromatic N) is 1. The number of hydrogen-bond donors (Lipinski definition) is 2. The summed E-state index contributed by atoms with van der Waals surface area (Å²) in [5.41, 5.74) is 0.744. The number of hydrogen-bond acceptors (Lipinski definition) is 3. The van der Waals surface area contributed by atoms with Crippen molar-refractivity contribution in [1.29, 1.82) is 0 Å². The number of amides is 2. The Morgan fingerprint density at radius 3 is 2.60 bits per heavy atom. The number of para-hydroxylation sites is 1. The van der Waals surface area contributed by atoms with Crippen molar-refractivity contribution in [1.82, 2.24) is 10.2 Å². The fourth-order valence-electron chi connectivity index (χ4n) is 2.31. The molecule has 1 heterocycles. The largest absolute Gasteiger partial charge is 0.508 e. The number of carbonyl (C=O) groups is 2. The molecule has 1 aliphatic heterocycles. The number of likely N-dealkylation sites (tertiary alicyclic amines) is 1. The lowest BCUT2D eigenvalue weighted by atomic mass is 10.1. The zero-order valence-electron chi connectivity index (χ0n) is 11.5. The molecule has 2 amide bonds. The van der Waals surface area contributed by atoms with Crippen LogP contribution in [0.5, 0.6) is 5.75 Å². The van der Waals surface area contributed by atoms with E-state index in [0.717, 1.165) is 31.5 Å². The van der Waals surface area contributed by atoms with Gasteiger partial charge in [-0.05, 0) is 30.9 Å². The fourth-order valence-corrected chi connectivity index (χ4v) is 2.31. The zero-order valence-corrected chi connectivity index (χ0v) is 11.5. The van der Waals surface area contributed by atoms with Gasteiger partial charge in [0.25, 0.3) is 0 Å². The van der Waals surface area contributed by atoms with Crippen LogP contribution < -0.4 is 5.32 Å². The summed E-state index contributed by atoms with van der Waals surface area (Å²) < 4.78 is 0. The van der Waals surface area contributed by atoms with E-state index in [4.69, 9.17) is 0 Å². The number of rotatable bonds is 5. The zero-order chi connectivity index (χ0) is 14.4.